The first kappa shape index (κ1) is 18.1. The van der Waals surface area contributed by atoms with E-state index >= 15 is 0 Å². The number of nitrogens with one attached hydrogen (secondary N) is 1. The summed E-state index contributed by atoms with van der Waals surface area (Å²) in [6.45, 7) is 0. The highest BCUT2D eigenvalue weighted by atomic mass is 32.2. The maximum atomic E-state index is 11.8. The van der Waals surface area contributed by atoms with Gasteiger partial charge in [0.2, 0.25) is 11.8 Å². The van der Waals surface area contributed by atoms with Crippen LogP contribution in [0.15, 0.2) is 58.3 Å². The number of hydrogen-bond acceptors (Lipinski definition) is 7. The van der Waals surface area contributed by atoms with Crippen LogP contribution in [0.5, 0.6) is 0 Å². The molecule has 1 atom stereocenters. The van der Waals surface area contributed by atoms with Crippen LogP contribution in [-0.2, 0) is 17.6 Å². The number of nitrogens with zero attached hydrogens (tertiary/aromatic N) is 2. The number of thioether (sulfide) groups is 1. The molecule has 0 aliphatic carbocycles. The Labute approximate surface area is 174 Å². The van der Waals surface area contributed by atoms with Crippen LogP contribution in [0.4, 0.5) is 4.79 Å². The van der Waals surface area contributed by atoms with Crippen molar-refractivity contribution in [2.45, 2.75) is 18.1 Å². The van der Waals surface area contributed by atoms with Crippen LogP contribution in [-0.4, -0.2) is 26.4 Å². The minimum atomic E-state index is -0.391. The number of fused-ring (bicyclic) bond motifs is 1. The molecule has 0 bridgehead atoms. The van der Waals surface area contributed by atoms with Crippen molar-refractivity contribution in [3.8, 4) is 10.6 Å². The second-order valence-electron chi connectivity index (χ2n) is 6.68. The summed E-state index contributed by atoms with van der Waals surface area (Å²) in [6, 6.07) is 15.7. The van der Waals surface area contributed by atoms with E-state index in [-0.39, 0.29) is 11.1 Å². The molecule has 144 valence electrons. The molecule has 6 nitrogen and oxygen atoms in total. The second kappa shape index (κ2) is 7.46. The molecule has 1 saturated heterocycles. The second-order valence-corrected chi connectivity index (χ2v) is 8.72. The number of hydrogen-bond donors (Lipinski definition) is 1. The van der Waals surface area contributed by atoms with Gasteiger partial charge in [0.25, 0.3) is 5.24 Å². The van der Waals surface area contributed by atoms with Crippen molar-refractivity contribution in [3.63, 3.8) is 0 Å². The average molecular weight is 422 g/mol. The Morgan fingerprint density at radius 1 is 1.07 bits per heavy atom. The van der Waals surface area contributed by atoms with Gasteiger partial charge in [0.1, 0.15) is 10.5 Å². The maximum Gasteiger partial charge on any atom is 0.286 e. The lowest BCUT2D eigenvalue weighted by Crippen LogP contribution is -2.25. The number of aromatic nitrogens is 2. The van der Waals surface area contributed by atoms with Crippen molar-refractivity contribution >= 4 is 45.3 Å². The summed E-state index contributed by atoms with van der Waals surface area (Å²) in [4.78, 5) is 32.4. The van der Waals surface area contributed by atoms with Gasteiger partial charge in [0.05, 0.1) is 17.4 Å². The predicted molar refractivity (Wildman–Crippen MR) is 113 cm³/mol. The van der Waals surface area contributed by atoms with Gasteiger partial charge in [0.15, 0.2) is 5.58 Å². The molecule has 1 fully saturated rings. The highest BCUT2D eigenvalue weighted by Crippen LogP contribution is 2.27. The molecule has 1 N–H and O–H groups in total. The number of amides is 2. The summed E-state index contributed by atoms with van der Waals surface area (Å²) in [5, 5.41) is 4.63. The fourth-order valence-electron chi connectivity index (χ4n) is 3.22. The molecule has 2 aromatic heterocycles. The standard InChI is InChI=1S/C21H15N3O3S2/c25-19-17(29-21(26)24-19)9-12-6-7-16-15(8-12)23-18(27-16)10-14-11-28-20(22-14)13-4-2-1-3-5-13/h1-8,11,17H,9-10H2,(H,24,25,26). The van der Waals surface area contributed by atoms with E-state index in [0.717, 1.165) is 39.1 Å². The van der Waals surface area contributed by atoms with E-state index in [1.165, 1.54) is 0 Å². The third-order valence-corrected chi connectivity index (χ3v) is 6.51. The SMILES string of the molecule is O=C1NC(=O)C(Cc2ccc3oc(Cc4csc(-c5ccccc5)n4)nc3c2)S1. The van der Waals surface area contributed by atoms with Gasteiger partial charge in [-0.3, -0.25) is 14.9 Å². The van der Waals surface area contributed by atoms with Crippen molar-refractivity contribution in [1.29, 1.82) is 0 Å². The zero-order valence-corrected chi connectivity index (χ0v) is 16.8. The van der Waals surface area contributed by atoms with Crippen LogP contribution in [0.25, 0.3) is 21.7 Å². The van der Waals surface area contributed by atoms with Gasteiger partial charge >= 0.3 is 0 Å². The van der Waals surface area contributed by atoms with Crippen LogP contribution < -0.4 is 5.32 Å². The number of imide groups is 1. The first-order valence-electron chi connectivity index (χ1n) is 9.04. The van der Waals surface area contributed by atoms with Gasteiger partial charge in [-0.1, -0.05) is 48.2 Å². The number of carbonyl (C=O) groups excluding carboxylic acids is 2. The molecular weight excluding hydrogens is 406 g/mol. The van der Waals surface area contributed by atoms with Crippen LogP contribution in [0.3, 0.4) is 0 Å². The Balaban J connectivity index is 1.33. The Morgan fingerprint density at radius 3 is 2.72 bits per heavy atom. The smallest absolute Gasteiger partial charge is 0.286 e. The third-order valence-electron chi connectivity index (χ3n) is 4.59. The van der Waals surface area contributed by atoms with Crippen LogP contribution in [0.2, 0.25) is 0 Å². The number of rotatable bonds is 5. The average Bonchev–Trinajstić information content (AvgIpc) is 3.41. The molecule has 1 unspecified atom stereocenters. The van der Waals surface area contributed by atoms with E-state index in [1.54, 1.807) is 11.3 Å². The topological polar surface area (TPSA) is 85.1 Å². The molecule has 2 aromatic carbocycles. The Bertz CT molecular complexity index is 1220. The van der Waals surface area contributed by atoms with E-state index in [0.29, 0.717) is 24.3 Å². The lowest BCUT2D eigenvalue weighted by Gasteiger charge is -2.04. The first-order chi connectivity index (χ1) is 14.1. The van der Waals surface area contributed by atoms with Crippen LogP contribution in [0.1, 0.15) is 17.1 Å². The lowest BCUT2D eigenvalue weighted by atomic mass is 10.1. The van der Waals surface area contributed by atoms with Crippen molar-refractivity contribution in [2.75, 3.05) is 0 Å². The van der Waals surface area contributed by atoms with Gasteiger partial charge in [-0.05, 0) is 24.1 Å². The molecule has 2 amide bonds. The predicted octanol–water partition coefficient (Wildman–Crippen LogP) is 4.44. The summed E-state index contributed by atoms with van der Waals surface area (Å²) in [5.74, 6) is 0.365. The number of benzene rings is 2. The molecule has 0 spiro atoms. The summed E-state index contributed by atoms with van der Waals surface area (Å²) >= 11 is 2.63. The molecule has 3 heterocycles. The summed E-state index contributed by atoms with van der Waals surface area (Å²) in [5.41, 5.74) is 4.39. The molecule has 1 aliphatic rings. The van der Waals surface area contributed by atoms with Crippen LogP contribution in [0, 0.1) is 0 Å². The summed E-state index contributed by atoms with van der Waals surface area (Å²) in [6.07, 6.45) is 0.996. The molecule has 1 aliphatic heterocycles. The van der Waals surface area contributed by atoms with E-state index in [4.69, 9.17) is 4.42 Å². The number of carbonyl (C=O) groups is 2. The fourth-order valence-corrected chi connectivity index (χ4v) is 4.91. The van der Waals surface area contributed by atoms with E-state index in [9.17, 15) is 9.59 Å². The van der Waals surface area contributed by atoms with Gasteiger partial charge in [-0.2, -0.15) is 0 Å². The largest absolute Gasteiger partial charge is 0.440 e. The van der Waals surface area contributed by atoms with Crippen molar-refractivity contribution in [3.05, 3.63) is 71.1 Å². The highest BCUT2D eigenvalue weighted by molar-refractivity contribution is 8.15. The maximum absolute atomic E-state index is 11.8. The molecular formula is C21H15N3O3S2. The van der Waals surface area contributed by atoms with E-state index in [2.05, 4.69) is 15.3 Å². The van der Waals surface area contributed by atoms with Gasteiger partial charge in [-0.15, -0.1) is 11.3 Å². The summed E-state index contributed by atoms with van der Waals surface area (Å²) < 4.78 is 5.87. The molecule has 29 heavy (non-hydrogen) atoms. The fraction of sp³-hybridized carbons (Fsp3) is 0.143. The van der Waals surface area contributed by atoms with E-state index in [1.807, 2.05) is 53.9 Å². The number of thiazole rings is 1. The molecule has 5 rings (SSSR count). The Morgan fingerprint density at radius 2 is 1.93 bits per heavy atom. The van der Waals surface area contributed by atoms with Gasteiger partial charge < -0.3 is 4.42 Å². The molecule has 0 saturated carbocycles. The van der Waals surface area contributed by atoms with Crippen molar-refractivity contribution in [2.24, 2.45) is 0 Å². The van der Waals surface area contributed by atoms with Gasteiger partial charge in [0, 0.05) is 10.9 Å². The first-order valence-corrected chi connectivity index (χ1v) is 10.8. The van der Waals surface area contributed by atoms with Crippen molar-refractivity contribution in [1.82, 2.24) is 15.3 Å². The molecule has 0 radical (unpaired) electrons. The number of oxazole rings is 1. The minimum Gasteiger partial charge on any atom is -0.440 e. The van der Waals surface area contributed by atoms with Gasteiger partial charge in [-0.25, -0.2) is 9.97 Å². The summed E-state index contributed by atoms with van der Waals surface area (Å²) in [7, 11) is 0. The lowest BCUT2D eigenvalue weighted by molar-refractivity contribution is -0.118. The third kappa shape index (κ3) is 3.81. The Hall–Kier alpha value is -2.97. The normalized spacial score (nSPS) is 16.5. The van der Waals surface area contributed by atoms with Crippen molar-refractivity contribution < 1.29 is 14.0 Å². The zero-order valence-electron chi connectivity index (χ0n) is 15.1. The Kier molecular flexibility index (Phi) is 4.65. The van der Waals surface area contributed by atoms with Crippen LogP contribution >= 0.6 is 23.1 Å². The quantitative estimate of drug-likeness (QED) is 0.513. The minimum absolute atomic E-state index is 0.237. The molecule has 4 aromatic rings. The zero-order chi connectivity index (χ0) is 19.8. The van der Waals surface area contributed by atoms with E-state index < -0.39 is 5.25 Å². The molecule has 8 heteroatoms. The monoisotopic (exact) mass is 421 g/mol. The highest BCUT2D eigenvalue weighted by Gasteiger charge is 2.31.